The number of hydrogen-bond acceptors (Lipinski definition) is 4. The maximum atomic E-state index is 5.48. The molecule has 0 saturated heterocycles. The maximum absolute atomic E-state index is 5.48. The SMILES string of the molecule is Cc1nc(CCNC(C)CN)cs1. The molecule has 1 aromatic heterocycles. The Morgan fingerprint density at radius 3 is 3.00 bits per heavy atom. The molecule has 1 aromatic rings. The summed E-state index contributed by atoms with van der Waals surface area (Å²) in [5.74, 6) is 0. The Kier molecular flexibility index (Phi) is 4.35. The molecule has 0 radical (unpaired) electrons. The zero-order chi connectivity index (χ0) is 9.68. The van der Waals surface area contributed by atoms with Crippen molar-refractivity contribution in [2.24, 2.45) is 5.73 Å². The van der Waals surface area contributed by atoms with Gasteiger partial charge in [-0.25, -0.2) is 4.98 Å². The highest BCUT2D eigenvalue weighted by Crippen LogP contribution is 2.07. The van der Waals surface area contributed by atoms with Gasteiger partial charge in [0.1, 0.15) is 0 Å². The minimum Gasteiger partial charge on any atom is -0.329 e. The van der Waals surface area contributed by atoms with E-state index in [2.05, 4.69) is 22.6 Å². The molecular weight excluding hydrogens is 182 g/mol. The first-order valence-electron chi connectivity index (χ1n) is 4.57. The molecule has 3 N–H and O–H groups in total. The smallest absolute Gasteiger partial charge is 0.0897 e. The lowest BCUT2D eigenvalue weighted by atomic mass is 10.3. The van der Waals surface area contributed by atoms with E-state index >= 15 is 0 Å². The van der Waals surface area contributed by atoms with Crippen molar-refractivity contribution in [2.45, 2.75) is 26.3 Å². The van der Waals surface area contributed by atoms with Gasteiger partial charge in [-0.05, 0) is 13.8 Å². The van der Waals surface area contributed by atoms with Gasteiger partial charge in [-0.2, -0.15) is 0 Å². The highest BCUT2D eigenvalue weighted by atomic mass is 32.1. The third-order valence-corrected chi connectivity index (χ3v) is 2.72. The van der Waals surface area contributed by atoms with Gasteiger partial charge >= 0.3 is 0 Å². The van der Waals surface area contributed by atoms with Crippen LogP contribution in [0.1, 0.15) is 17.6 Å². The topological polar surface area (TPSA) is 50.9 Å². The third-order valence-electron chi connectivity index (χ3n) is 1.89. The standard InChI is InChI=1S/C9H17N3S/c1-7(5-10)11-4-3-9-6-13-8(2)12-9/h6-7,11H,3-5,10H2,1-2H3. The summed E-state index contributed by atoms with van der Waals surface area (Å²) < 4.78 is 0. The van der Waals surface area contributed by atoms with Crippen LogP contribution in [0.5, 0.6) is 0 Å². The molecule has 0 aliphatic carbocycles. The largest absolute Gasteiger partial charge is 0.329 e. The van der Waals surface area contributed by atoms with Crippen molar-refractivity contribution in [3.8, 4) is 0 Å². The van der Waals surface area contributed by atoms with E-state index in [9.17, 15) is 0 Å². The summed E-state index contributed by atoms with van der Waals surface area (Å²) in [7, 11) is 0. The van der Waals surface area contributed by atoms with Crippen LogP contribution in [0.3, 0.4) is 0 Å². The summed E-state index contributed by atoms with van der Waals surface area (Å²) in [4.78, 5) is 4.38. The minimum atomic E-state index is 0.403. The molecule has 0 bridgehead atoms. The average Bonchev–Trinajstić information content (AvgIpc) is 2.51. The van der Waals surface area contributed by atoms with Crippen LogP contribution >= 0.6 is 11.3 Å². The van der Waals surface area contributed by atoms with Crippen LogP contribution in [0.25, 0.3) is 0 Å². The van der Waals surface area contributed by atoms with Crippen LogP contribution in [0.4, 0.5) is 0 Å². The molecule has 1 atom stereocenters. The maximum Gasteiger partial charge on any atom is 0.0897 e. The van der Waals surface area contributed by atoms with Crippen molar-refractivity contribution in [3.63, 3.8) is 0 Å². The molecule has 1 heterocycles. The second-order valence-corrected chi connectivity index (χ2v) is 4.26. The summed E-state index contributed by atoms with van der Waals surface area (Å²) in [5.41, 5.74) is 6.66. The summed E-state index contributed by atoms with van der Waals surface area (Å²) in [6.07, 6.45) is 0.995. The molecule has 0 saturated carbocycles. The highest BCUT2D eigenvalue weighted by Gasteiger charge is 2.00. The summed E-state index contributed by atoms with van der Waals surface area (Å²) >= 11 is 1.71. The Morgan fingerprint density at radius 2 is 2.46 bits per heavy atom. The van der Waals surface area contributed by atoms with Gasteiger partial charge < -0.3 is 11.1 Å². The molecule has 0 aliphatic rings. The van der Waals surface area contributed by atoms with Gasteiger partial charge in [0.15, 0.2) is 0 Å². The van der Waals surface area contributed by atoms with Gasteiger partial charge in [0, 0.05) is 30.9 Å². The van der Waals surface area contributed by atoms with Gasteiger partial charge in [-0.1, -0.05) is 0 Å². The minimum absolute atomic E-state index is 0.403. The fourth-order valence-electron chi connectivity index (χ4n) is 1.05. The third kappa shape index (κ3) is 3.85. The molecule has 1 rings (SSSR count). The van der Waals surface area contributed by atoms with Crippen LogP contribution in [-0.4, -0.2) is 24.1 Å². The van der Waals surface area contributed by atoms with E-state index in [4.69, 9.17) is 5.73 Å². The van der Waals surface area contributed by atoms with Crippen LogP contribution < -0.4 is 11.1 Å². The molecule has 0 amide bonds. The predicted molar refractivity (Wildman–Crippen MR) is 57.1 cm³/mol. The van der Waals surface area contributed by atoms with Gasteiger partial charge in [0.25, 0.3) is 0 Å². The number of nitrogens with two attached hydrogens (primary N) is 1. The van der Waals surface area contributed by atoms with E-state index in [-0.39, 0.29) is 0 Å². The molecule has 74 valence electrons. The normalized spacial score (nSPS) is 13.2. The number of nitrogens with zero attached hydrogens (tertiary/aromatic N) is 1. The van der Waals surface area contributed by atoms with E-state index in [1.807, 2.05) is 6.92 Å². The van der Waals surface area contributed by atoms with E-state index in [1.54, 1.807) is 11.3 Å². The predicted octanol–water partition coefficient (Wildman–Crippen LogP) is 0.931. The Hall–Kier alpha value is -0.450. The van der Waals surface area contributed by atoms with Crippen molar-refractivity contribution in [3.05, 3.63) is 16.1 Å². The van der Waals surface area contributed by atoms with Crippen LogP contribution in [0.15, 0.2) is 5.38 Å². The van der Waals surface area contributed by atoms with Gasteiger partial charge in [-0.15, -0.1) is 11.3 Å². The molecule has 3 nitrogen and oxygen atoms in total. The van der Waals surface area contributed by atoms with Crippen molar-refractivity contribution in [1.82, 2.24) is 10.3 Å². The number of thiazole rings is 1. The molecule has 0 fully saturated rings. The van der Waals surface area contributed by atoms with Crippen molar-refractivity contribution < 1.29 is 0 Å². The number of hydrogen-bond donors (Lipinski definition) is 2. The van der Waals surface area contributed by atoms with Crippen molar-refractivity contribution >= 4 is 11.3 Å². The van der Waals surface area contributed by atoms with Crippen LogP contribution in [-0.2, 0) is 6.42 Å². The van der Waals surface area contributed by atoms with E-state index in [0.717, 1.165) is 18.0 Å². The quantitative estimate of drug-likeness (QED) is 0.742. The van der Waals surface area contributed by atoms with Gasteiger partial charge in [0.05, 0.1) is 10.7 Å². The molecule has 13 heavy (non-hydrogen) atoms. The van der Waals surface area contributed by atoms with Crippen molar-refractivity contribution in [2.75, 3.05) is 13.1 Å². The van der Waals surface area contributed by atoms with E-state index in [1.165, 1.54) is 5.69 Å². The molecular formula is C9H17N3S. The lowest BCUT2D eigenvalue weighted by Gasteiger charge is -2.09. The van der Waals surface area contributed by atoms with Gasteiger partial charge in [-0.3, -0.25) is 0 Å². The lowest BCUT2D eigenvalue weighted by molar-refractivity contribution is 0.557. The Labute approximate surface area is 83.4 Å². The first kappa shape index (κ1) is 10.6. The zero-order valence-corrected chi connectivity index (χ0v) is 9.03. The first-order chi connectivity index (χ1) is 6.22. The number of rotatable bonds is 5. The van der Waals surface area contributed by atoms with E-state index in [0.29, 0.717) is 12.6 Å². The van der Waals surface area contributed by atoms with Gasteiger partial charge in [0.2, 0.25) is 0 Å². The summed E-state index contributed by atoms with van der Waals surface area (Å²) in [5, 5.41) is 6.59. The summed E-state index contributed by atoms with van der Waals surface area (Å²) in [6.45, 7) is 5.77. The lowest BCUT2D eigenvalue weighted by Crippen LogP contribution is -2.34. The number of nitrogens with one attached hydrogen (secondary N) is 1. The number of aromatic nitrogens is 1. The second-order valence-electron chi connectivity index (χ2n) is 3.20. The van der Waals surface area contributed by atoms with E-state index < -0.39 is 0 Å². The Bertz CT molecular complexity index is 247. The monoisotopic (exact) mass is 199 g/mol. The molecule has 0 spiro atoms. The fraction of sp³-hybridized carbons (Fsp3) is 0.667. The second kappa shape index (κ2) is 5.32. The fourth-order valence-corrected chi connectivity index (χ4v) is 1.70. The zero-order valence-electron chi connectivity index (χ0n) is 8.21. The molecule has 0 aromatic carbocycles. The average molecular weight is 199 g/mol. The Balaban J connectivity index is 2.20. The van der Waals surface area contributed by atoms with Crippen molar-refractivity contribution in [1.29, 1.82) is 0 Å². The summed E-state index contributed by atoms with van der Waals surface area (Å²) in [6, 6.07) is 0.403. The molecule has 0 aliphatic heterocycles. The first-order valence-corrected chi connectivity index (χ1v) is 5.44. The Morgan fingerprint density at radius 1 is 1.69 bits per heavy atom. The highest BCUT2D eigenvalue weighted by molar-refractivity contribution is 7.09. The van der Waals surface area contributed by atoms with Crippen LogP contribution in [0.2, 0.25) is 0 Å². The molecule has 4 heteroatoms. The van der Waals surface area contributed by atoms with Crippen LogP contribution in [0, 0.1) is 6.92 Å². The number of aryl methyl sites for hydroxylation is 1. The molecule has 1 unspecified atom stereocenters.